The summed E-state index contributed by atoms with van der Waals surface area (Å²) >= 11 is 0. The van der Waals surface area contributed by atoms with Crippen molar-refractivity contribution in [3.63, 3.8) is 0 Å². The van der Waals surface area contributed by atoms with E-state index in [9.17, 15) is 0 Å². The first-order valence-electron chi connectivity index (χ1n) is 16.6. The summed E-state index contributed by atoms with van der Waals surface area (Å²) < 4.78 is 12.7. The fourth-order valence-corrected chi connectivity index (χ4v) is 7.03. The van der Waals surface area contributed by atoms with Crippen LogP contribution in [0.15, 0.2) is 173 Å². The monoisotopic (exact) mass is 641 g/mol. The number of hydrogen-bond acceptors (Lipinski definition) is 5. The van der Waals surface area contributed by atoms with Gasteiger partial charge < -0.3 is 8.83 Å². The summed E-state index contributed by atoms with van der Waals surface area (Å²) in [6.07, 6.45) is 0. The van der Waals surface area contributed by atoms with E-state index in [1.54, 1.807) is 0 Å². The highest BCUT2D eigenvalue weighted by Gasteiger charge is 2.20. The minimum Gasteiger partial charge on any atom is -0.456 e. The Bertz CT molecular complexity index is 2850. The van der Waals surface area contributed by atoms with Gasteiger partial charge in [-0.15, -0.1) is 0 Å². The van der Waals surface area contributed by atoms with E-state index in [-0.39, 0.29) is 0 Å². The van der Waals surface area contributed by atoms with Crippen molar-refractivity contribution in [1.29, 1.82) is 0 Å². The van der Waals surface area contributed by atoms with Crippen LogP contribution in [0.4, 0.5) is 0 Å². The number of nitrogens with zero attached hydrogens (tertiary/aromatic N) is 3. The zero-order valence-electron chi connectivity index (χ0n) is 26.7. The van der Waals surface area contributed by atoms with Crippen LogP contribution in [0.5, 0.6) is 0 Å². The number of rotatable bonds is 5. The van der Waals surface area contributed by atoms with Gasteiger partial charge in [-0.2, -0.15) is 0 Å². The molecule has 10 rings (SSSR count). The van der Waals surface area contributed by atoms with Crippen LogP contribution in [0.3, 0.4) is 0 Å². The first-order valence-corrected chi connectivity index (χ1v) is 16.6. The van der Waals surface area contributed by atoms with Crippen molar-refractivity contribution in [1.82, 2.24) is 15.0 Å². The predicted molar refractivity (Wildman–Crippen MR) is 202 cm³/mol. The van der Waals surface area contributed by atoms with Crippen LogP contribution in [0.1, 0.15) is 0 Å². The molecule has 234 valence electrons. The summed E-state index contributed by atoms with van der Waals surface area (Å²) in [5, 5.41) is 4.28. The Hall–Kier alpha value is -6.85. The molecule has 0 amide bonds. The van der Waals surface area contributed by atoms with E-state index in [1.807, 2.05) is 78.9 Å². The molecular weight excluding hydrogens is 615 g/mol. The third-order valence-electron chi connectivity index (χ3n) is 9.37. The summed E-state index contributed by atoms with van der Waals surface area (Å²) in [6, 6.07) is 55.7. The van der Waals surface area contributed by atoms with Crippen LogP contribution in [-0.4, -0.2) is 15.0 Å². The second kappa shape index (κ2) is 11.4. The maximum absolute atomic E-state index is 6.39. The second-order valence-corrected chi connectivity index (χ2v) is 12.4. The highest BCUT2D eigenvalue weighted by atomic mass is 16.3. The molecular formula is C45H27N3O2. The smallest absolute Gasteiger partial charge is 0.167 e. The van der Waals surface area contributed by atoms with Crippen LogP contribution in [0, 0.1) is 0 Å². The summed E-state index contributed by atoms with van der Waals surface area (Å²) in [7, 11) is 0. The average molecular weight is 642 g/mol. The molecule has 3 aromatic heterocycles. The first kappa shape index (κ1) is 28.2. The molecule has 0 saturated carbocycles. The van der Waals surface area contributed by atoms with Gasteiger partial charge in [-0.25, -0.2) is 15.0 Å². The van der Waals surface area contributed by atoms with Gasteiger partial charge in [0.15, 0.2) is 17.5 Å². The van der Waals surface area contributed by atoms with Gasteiger partial charge in [0.25, 0.3) is 0 Å². The molecule has 5 heteroatoms. The van der Waals surface area contributed by atoms with Crippen molar-refractivity contribution in [2.75, 3.05) is 0 Å². The molecule has 0 saturated heterocycles. The van der Waals surface area contributed by atoms with E-state index in [0.29, 0.717) is 17.5 Å². The number of aromatic nitrogens is 3. The molecule has 0 bridgehead atoms. The van der Waals surface area contributed by atoms with Gasteiger partial charge in [-0.05, 0) is 41.0 Å². The Morgan fingerprint density at radius 3 is 1.62 bits per heavy atom. The number of benzene rings is 7. The van der Waals surface area contributed by atoms with Gasteiger partial charge in [-0.1, -0.05) is 140 Å². The molecule has 0 aliphatic heterocycles. The van der Waals surface area contributed by atoms with Gasteiger partial charge in [0, 0.05) is 38.2 Å². The molecule has 0 atom stereocenters. The lowest BCUT2D eigenvalue weighted by atomic mass is 9.90. The quantitative estimate of drug-likeness (QED) is 0.187. The molecule has 0 aliphatic rings. The van der Waals surface area contributed by atoms with Crippen molar-refractivity contribution in [3.8, 4) is 56.4 Å². The highest BCUT2D eigenvalue weighted by Crippen LogP contribution is 2.43. The molecule has 5 nitrogen and oxygen atoms in total. The minimum atomic E-state index is 0.559. The van der Waals surface area contributed by atoms with Crippen molar-refractivity contribution >= 4 is 43.9 Å². The Morgan fingerprint density at radius 2 is 0.880 bits per heavy atom. The third-order valence-corrected chi connectivity index (χ3v) is 9.37. The maximum atomic E-state index is 6.39. The average Bonchev–Trinajstić information content (AvgIpc) is 3.77. The molecule has 0 fully saturated rings. The summed E-state index contributed by atoms with van der Waals surface area (Å²) in [4.78, 5) is 15.1. The fourth-order valence-electron chi connectivity index (χ4n) is 7.03. The Kier molecular flexibility index (Phi) is 6.42. The molecule has 0 spiro atoms. The Balaban J connectivity index is 1.16. The number of para-hydroxylation sites is 3. The molecule has 50 heavy (non-hydrogen) atoms. The zero-order valence-corrected chi connectivity index (χ0v) is 26.7. The van der Waals surface area contributed by atoms with E-state index in [4.69, 9.17) is 23.8 Å². The summed E-state index contributed by atoms with van der Waals surface area (Å²) in [5.74, 6) is 1.75. The van der Waals surface area contributed by atoms with Gasteiger partial charge >= 0.3 is 0 Å². The lowest BCUT2D eigenvalue weighted by Gasteiger charge is -2.13. The zero-order chi connectivity index (χ0) is 33.0. The molecule has 0 unspecified atom stereocenters. The fraction of sp³-hybridized carbons (Fsp3) is 0. The van der Waals surface area contributed by atoms with Gasteiger partial charge in [0.05, 0.1) is 5.56 Å². The van der Waals surface area contributed by atoms with E-state index in [2.05, 4.69) is 84.9 Å². The van der Waals surface area contributed by atoms with Crippen LogP contribution >= 0.6 is 0 Å². The summed E-state index contributed by atoms with van der Waals surface area (Å²) in [5.41, 5.74) is 10.4. The molecule has 0 N–H and O–H groups in total. The topological polar surface area (TPSA) is 65.0 Å². The normalized spacial score (nSPS) is 11.6. The minimum absolute atomic E-state index is 0.559. The van der Waals surface area contributed by atoms with Crippen molar-refractivity contribution < 1.29 is 8.83 Å². The largest absolute Gasteiger partial charge is 0.456 e. The molecule has 0 radical (unpaired) electrons. The summed E-state index contributed by atoms with van der Waals surface area (Å²) in [6.45, 7) is 0. The number of hydrogen-bond donors (Lipinski definition) is 0. The van der Waals surface area contributed by atoms with Gasteiger partial charge in [-0.3, -0.25) is 0 Å². The van der Waals surface area contributed by atoms with Crippen LogP contribution < -0.4 is 0 Å². The molecule has 0 aliphatic carbocycles. The second-order valence-electron chi connectivity index (χ2n) is 12.4. The predicted octanol–water partition coefficient (Wildman–Crippen LogP) is 12.0. The van der Waals surface area contributed by atoms with Gasteiger partial charge in [0.2, 0.25) is 0 Å². The lowest BCUT2D eigenvalue weighted by molar-refractivity contribution is 0.669. The third kappa shape index (κ3) is 4.60. The molecule has 3 heterocycles. The first-order chi connectivity index (χ1) is 24.8. The Morgan fingerprint density at radius 1 is 0.320 bits per heavy atom. The van der Waals surface area contributed by atoms with Crippen LogP contribution in [-0.2, 0) is 0 Å². The molecule has 7 aromatic carbocycles. The van der Waals surface area contributed by atoms with Crippen molar-refractivity contribution in [2.24, 2.45) is 0 Å². The number of fused-ring (bicyclic) bond motifs is 6. The SMILES string of the molecule is c1ccc(-c2nc(-c3ccc(-c4c(-c5ccccc5)ccc5oc6ccccc6c45)cc3)nc(-c3cccc4c3oc3ccccc34)n2)cc1. The van der Waals surface area contributed by atoms with Crippen molar-refractivity contribution in [2.45, 2.75) is 0 Å². The maximum Gasteiger partial charge on any atom is 0.167 e. The van der Waals surface area contributed by atoms with E-state index >= 15 is 0 Å². The van der Waals surface area contributed by atoms with E-state index < -0.39 is 0 Å². The van der Waals surface area contributed by atoms with E-state index in [0.717, 1.165) is 82.8 Å². The van der Waals surface area contributed by atoms with Crippen LogP contribution in [0.2, 0.25) is 0 Å². The molecule has 10 aromatic rings. The lowest BCUT2D eigenvalue weighted by Crippen LogP contribution is -2.00. The Labute approximate surface area is 287 Å². The van der Waals surface area contributed by atoms with Gasteiger partial charge in [0.1, 0.15) is 22.3 Å². The van der Waals surface area contributed by atoms with E-state index in [1.165, 1.54) is 0 Å². The highest BCUT2D eigenvalue weighted by molar-refractivity contribution is 6.16. The van der Waals surface area contributed by atoms with Crippen molar-refractivity contribution in [3.05, 3.63) is 164 Å². The standard InChI is InChI=1S/C45H27N3O2/c1-3-12-28(13-4-1)32-26-27-39-41(35-17-8-10-21-38(35)49-39)40(32)29-22-24-31(25-23-29)44-46-43(30-14-5-2-6-15-30)47-45(48-44)36-19-11-18-34-33-16-7-9-20-37(33)50-42(34)36/h1-27H. The van der Waals surface area contributed by atoms with Crippen LogP contribution in [0.25, 0.3) is 100 Å². The number of furan rings is 2.